The van der Waals surface area contributed by atoms with E-state index in [2.05, 4.69) is 6.58 Å². The molecule has 0 amide bonds. The van der Waals surface area contributed by atoms with Gasteiger partial charge in [-0.05, 0) is 85.9 Å². The normalized spacial score (nSPS) is 21.8. The summed E-state index contributed by atoms with van der Waals surface area (Å²) in [5, 5.41) is 0. The molecule has 1 aliphatic carbocycles. The third-order valence-corrected chi connectivity index (χ3v) is 9.11. The molecule has 1 heterocycles. The summed E-state index contributed by atoms with van der Waals surface area (Å²) >= 11 is 0. The number of rotatable bonds is 6. The first-order valence-electron chi connectivity index (χ1n) is 14.4. The fourth-order valence-corrected chi connectivity index (χ4v) is 6.47. The van der Waals surface area contributed by atoms with Crippen molar-refractivity contribution in [3.05, 3.63) is 81.8 Å². The minimum atomic E-state index is -4.99. The van der Waals surface area contributed by atoms with E-state index in [1.807, 2.05) is 18.7 Å². The van der Waals surface area contributed by atoms with Gasteiger partial charge in [0.2, 0.25) is 0 Å². The predicted molar refractivity (Wildman–Crippen MR) is 151 cm³/mol. The zero-order chi connectivity index (χ0) is 33.9. The van der Waals surface area contributed by atoms with Gasteiger partial charge in [0.1, 0.15) is 11.6 Å². The smallest absolute Gasteiger partial charge is 0.416 e. The van der Waals surface area contributed by atoms with Crippen LogP contribution in [0.5, 0.6) is 5.75 Å². The van der Waals surface area contributed by atoms with E-state index in [9.17, 15) is 43.9 Å². The Bertz CT molecular complexity index is 1450. The predicted octanol–water partition coefficient (Wildman–Crippen LogP) is 10.9. The summed E-state index contributed by atoms with van der Waals surface area (Å²) in [6.07, 6.45) is -13.0. The molecule has 0 aromatic heterocycles. The Morgan fingerprint density at radius 1 is 0.956 bits per heavy atom. The lowest BCUT2D eigenvalue weighted by molar-refractivity contribution is -0.147. The van der Waals surface area contributed by atoms with Crippen molar-refractivity contribution < 1.29 is 48.6 Å². The molecule has 12 heteroatoms. The van der Waals surface area contributed by atoms with Crippen LogP contribution in [-0.4, -0.2) is 30.8 Å². The molecule has 2 aromatic carbocycles. The number of alkyl halides is 9. The second-order valence-electron chi connectivity index (χ2n) is 12.8. The van der Waals surface area contributed by atoms with Crippen LogP contribution < -0.4 is 4.74 Å². The number of likely N-dealkylation sites (tertiary alicyclic amines) is 1. The van der Waals surface area contributed by atoms with Gasteiger partial charge in [0.05, 0.1) is 24.2 Å². The molecule has 1 aliphatic heterocycles. The van der Waals surface area contributed by atoms with Crippen molar-refractivity contribution in [2.75, 3.05) is 13.7 Å². The lowest BCUT2D eigenvalue weighted by Gasteiger charge is -2.37. The molecule has 0 bridgehead atoms. The van der Waals surface area contributed by atoms with Gasteiger partial charge in [-0.25, -0.2) is 4.39 Å². The molecule has 3 atom stereocenters. The topological polar surface area (TPSA) is 12.5 Å². The van der Waals surface area contributed by atoms with Gasteiger partial charge in [-0.3, -0.25) is 0 Å². The third-order valence-electron chi connectivity index (χ3n) is 9.11. The van der Waals surface area contributed by atoms with Crippen LogP contribution >= 0.6 is 0 Å². The van der Waals surface area contributed by atoms with Crippen LogP contribution in [0.1, 0.15) is 93.0 Å². The molecular formula is C33H35F10NO. The van der Waals surface area contributed by atoms with Crippen LogP contribution in [0.25, 0.3) is 5.57 Å². The van der Waals surface area contributed by atoms with E-state index in [0.717, 1.165) is 30.7 Å². The van der Waals surface area contributed by atoms with Gasteiger partial charge in [0.25, 0.3) is 0 Å². The van der Waals surface area contributed by atoms with Gasteiger partial charge in [-0.2, -0.15) is 39.5 Å². The Labute approximate surface area is 255 Å². The van der Waals surface area contributed by atoms with Crippen molar-refractivity contribution in [3.8, 4) is 5.75 Å². The quantitative estimate of drug-likeness (QED) is 0.288. The summed E-state index contributed by atoms with van der Waals surface area (Å²) in [5.74, 6) is -3.81. The molecule has 3 unspecified atom stereocenters. The second kappa shape index (κ2) is 11.9. The van der Waals surface area contributed by atoms with Crippen molar-refractivity contribution >= 4 is 5.57 Å². The standard InChI is InChI=1S/C33H35F10NO/c1-17-9-26(20-10-22(32(38,39)40)12-23(11-20)33(41,42)43)19(3)44(17)16-21-15-30(4,5)8-7-24(21)27-13-25(18(2)31(35,36)37)28(34)14-29(27)45-6/h10-14,18-19,26H,1,7-9,15-16H2,2-6H3. The average molecular weight is 652 g/mol. The third kappa shape index (κ3) is 7.30. The molecular weight excluding hydrogens is 616 g/mol. The van der Waals surface area contributed by atoms with Gasteiger partial charge in [-0.15, -0.1) is 0 Å². The van der Waals surface area contributed by atoms with Gasteiger partial charge in [0, 0.05) is 41.4 Å². The fraction of sp³-hybridized carbons (Fsp3) is 0.515. The van der Waals surface area contributed by atoms with Crippen LogP contribution in [-0.2, 0) is 12.4 Å². The first-order chi connectivity index (χ1) is 20.5. The lowest BCUT2D eigenvalue weighted by Crippen LogP contribution is -2.33. The fourth-order valence-electron chi connectivity index (χ4n) is 6.47. The van der Waals surface area contributed by atoms with E-state index in [4.69, 9.17) is 4.74 Å². The van der Waals surface area contributed by atoms with E-state index in [1.165, 1.54) is 13.2 Å². The Morgan fingerprint density at radius 2 is 1.53 bits per heavy atom. The average Bonchev–Trinajstić information content (AvgIpc) is 3.19. The first-order valence-corrected chi connectivity index (χ1v) is 14.4. The lowest BCUT2D eigenvalue weighted by atomic mass is 9.72. The molecule has 0 N–H and O–H groups in total. The number of hydrogen-bond donors (Lipinski definition) is 0. The molecule has 0 radical (unpaired) electrons. The largest absolute Gasteiger partial charge is 0.496 e. The summed E-state index contributed by atoms with van der Waals surface area (Å²) in [5.41, 5.74) is -1.36. The zero-order valence-electron chi connectivity index (χ0n) is 25.5. The maximum Gasteiger partial charge on any atom is 0.416 e. The number of benzene rings is 2. The Balaban J connectivity index is 1.78. The van der Waals surface area contributed by atoms with E-state index < -0.39 is 58.9 Å². The van der Waals surface area contributed by atoms with Crippen molar-refractivity contribution in [3.63, 3.8) is 0 Å². The number of nitrogens with zero attached hydrogens (tertiary/aromatic N) is 1. The number of halogens is 10. The molecule has 1 fully saturated rings. The van der Waals surface area contributed by atoms with Crippen molar-refractivity contribution in [1.29, 1.82) is 0 Å². The number of hydrogen-bond acceptors (Lipinski definition) is 2. The van der Waals surface area contributed by atoms with Crippen LogP contribution in [0.4, 0.5) is 43.9 Å². The molecule has 45 heavy (non-hydrogen) atoms. The number of methoxy groups -OCH3 is 1. The van der Waals surface area contributed by atoms with Gasteiger partial charge >= 0.3 is 18.5 Å². The monoisotopic (exact) mass is 651 g/mol. The summed E-state index contributed by atoms with van der Waals surface area (Å²) in [6, 6.07) is 3.14. The molecule has 2 nitrogen and oxygen atoms in total. The van der Waals surface area contributed by atoms with Crippen LogP contribution in [0, 0.1) is 11.2 Å². The van der Waals surface area contributed by atoms with Gasteiger partial charge in [-0.1, -0.05) is 20.4 Å². The van der Waals surface area contributed by atoms with Crippen LogP contribution in [0.2, 0.25) is 0 Å². The maximum absolute atomic E-state index is 14.9. The van der Waals surface area contributed by atoms with E-state index in [1.54, 1.807) is 6.92 Å². The first kappa shape index (κ1) is 34.7. The number of allylic oxidation sites excluding steroid dienone is 2. The highest BCUT2D eigenvalue weighted by molar-refractivity contribution is 5.75. The Kier molecular flexibility index (Phi) is 9.16. The van der Waals surface area contributed by atoms with E-state index in [0.29, 0.717) is 36.1 Å². The summed E-state index contributed by atoms with van der Waals surface area (Å²) in [4.78, 5) is 1.82. The SMILES string of the molecule is C=C1CC(c2cc(C(F)(F)F)cc(C(F)(F)F)c2)C(C)N1CC1=C(c2cc(C(C)C(F)(F)F)c(F)cc2OC)CCC(C)(C)C1. The molecule has 0 spiro atoms. The highest BCUT2D eigenvalue weighted by atomic mass is 19.4. The van der Waals surface area contributed by atoms with Crippen molar-refractivity contribution in [1.82, 2.24) is 4.90 Å². The Morgan fingerprint density at radius 3 is 2.04 bits per heavy atom. The highest BCUT2D eigenvalue weighted by Gasteiger charge is 2.42. The zero-order valence-corrected chi connectivity index (χ0v) is 25.5. The molecule has 0 saturated carbocycles. The van der Waals surface area contributed by atoms with Crippen molar-refractivity contribution in [2.24, 2.45) is 5.41 Å². The summed E-state index contributed by atoms with van der Waals surface area (Å²) in [7, 11) is 1.29. The molecule has 2 aromatic rings. The minimum Gasteiger partial charge on any atom is -0.496 e. The van der Waals surface area contributed by atoms with Crippen LogP contribution in [0.3, 0.4) is 0 Å². The highest BCUT2D eigenvalue weighted by Crippen LogP contribution is 2.49. The van der Waals surface area contributed by atoms with E-state index >= 15 is 0 Å². The maximum atomic E-state index is 14.9. The molecule has 4 rings (SSSR count). The number of ether oxygens (including phenoxy) is 1. The molecule has 248 valence electrons. The van der Waals surface area contributed by atoms with Gasteiger partial charge in [0.15, 0.2) is 0 Å². The molecule has 2 aliphatic rings. The second-order valence-corrected chi connectivity index (χ2v) is 12.8. The Hall–Kier alpha value is -3.18. The van der Waals surface area contributed by atoms with Crippen molar-refractivity contribution in [2.45, 2.75) is 89.8 Å². The molecule has 1 saturated heterocycles. The summed E-state index contributed by atoms with van der Waals surface area (Å²) < 4.78 is 143. The van der Waals surface area contributed by atoms with E-state index in [-0.39, 0.29) is 35.8 Å². The van der Waals surface area contributed by atoms with Crippen LogP contribution in [0.15, 0.2) is 48.2 Å². The minimum absolute atomic E-state index is 0.0626. The van der Waals surface area contributed by atoms with Gasteiger partial charge < -0.3 is 9.64 Å². The summed E-state index contributed by atoms with van der Waals surface area (Å²) in [6.45, 7) is 10.9.